The number of piperidine rings is 1. The molecule has 0 radical (unpaired) electrons. The summed E-state index contributed by atoms with van der Waals surface area (Å²) in [5, 5.41) is 16.7. The van der Waals surface area contributed by atoms with E-state index in [4.69, 9.17) is 0 Å². The Bertz CT molecular complexity index is 797. The lowest BCUT2D eigenvalue weighted by molar-refractivity contribution is 0.174. The zero-order valence-electron chi connectivity index (χ0n) is 12.8. The van der Waals surface area contributed by atoms with Crippen LogP contribution in [0.4, 0.5) is 10.5 Å². The van der Waals surface area contributed by atoms with Gasteiger partial charge in [0.25, 0.3) is 0 Å². The van der Waals surface area contributed by atoms with Crippen molar-refractivity contribution in [3.8, 4) is 10.7 Å². The monoisotopic (exact) mass is 344 g/mol. The molecule has 4 rings (SSSR count). The average Bonchev–Trinajstić information content (AvgIpc) is 3.36. The third-order valence-corrected chi connectivity index (χ3v) is 4.81. The van der Waals surface area contributed by atoms with Gasteiger partial charge in [0.1, 0.15) is 23.4 Å². The minimum atomic E-state index is -0.140. The van der Waals surface area contributed by atoms with E-state index in [2.05, 4.69) is 30.6 Å². The second kappa shape index (κ2) is 6.40. The van der Waals surface area contributed by atoms with Gasteiger partial charge in [0.15, 0.2) is 0 Å². The Morgan fingerprint density at radius 3 is 3.21 bits per heavy atom. The van der Waals surface area contributed by atoms with E-state index in [0.717, 1.165) is 30.1 Å². The van der Waals surface area contributed by atoms with Crippen molar-refractivity contribution in [1.82, 2.24) is 34.8 Å². The van der Waals surface area contributed by atoms with Gasteiger partial charge < -0.3 is 10.2 Å². The number of carbonyl (C=O) groups excluding carboxylic acids is 1. The van der Waals surface area contributed by atoms with Gasteiger partial charge in [-0.2, -0.15) is 10.2 Å². The van der Waals surface area contributed by atoms with Crippen LogP contribution < -0.4 is 5.32 Å². The van der Waals surface area contributed by atoms with Crippen LogP contribution in [-0.4, -0.2) is 54.0 Å². The fraction of sp³-hybridized carbons (Fsp3) is 0.357. The SMILES string of the molecule is O=C(Nc1cn[nH]c1-c1nccs1)N1CCCC(n2cncn2)C1. The summed E-state index contributed by atoms with van der Waals surface area (Å²) in [6.45, 7) is 1.33. The number of aromatic amines is 1. The molecule has 1 unspecified atom stereocenters. The van der Waals surface area contributed by atoms with Crippen molar-refractivity contribution in [2.75, 3.05) is 18.4 Å². The molecule has 10 heteroatoms. The quantitative estimate of drug-likeness (QED) is 0.756. The highest BCUT2D eigenvalue weighted by Gasteiger charge is 2.26. The van der Waals surface area contributed by atoms with Gasteiger partial charge in [-0.25, -0.2) is 19.4 Å². The molecule has 0 aromatic carbocycles. The smallest absolute Gasteiger partial charge is 0.322 e. The molecule has 124 valence electrons. The molecule has 9 nitrogen and oxygen atoms in total. The van der Waals surface area contributed by atoms with Crippen LogP contribution in [0.25, 0.3) is 10.7 Å². The topological polar surface area (TPSA) is 105 Å². The maximum atomic E-state index is 12.6. The second-order valence-corrected chi connectivity index (χ2v) is 6.44. The van der Waals surface area contributed by atoms with Gasteiger partial charge in [0.2, 0.25) is 0 Å². The van der Waals surface area contributed by atoms with Crippen LogP contribution in [0, 0.1) is 0 Å². The Balaban J connectivity index is 1.46. The van der Waals surface area contributed by atoms with Gasteiger partial charge in [-0.3, -0.25) is 5.10 Å². The highest BCUT2D eigenvalue weighted by atomic mass is 32.1. The minimum Gasteiger partial charge on any atom is -0.322 e. The molecule has 1 saturated heterocycles. The summed E-state index contributed by atoms with van der Waals surface area (Å²) >= 11 is 1.49. The summed E-state index contributed by atoms with van der Waals surface area (Å²) in [6.07, 6.45) is 8.46. The fourth-order valence-electron chi connectivity index (χ4n) is 2.85. The Labute approximate surface area is 141 Å². The van der Waals surface area contributed by atoms with Crippen molar-refractivity contribution in [1.29, 1.82) is 0 Å². The third kappa shape index (κ3) is 2.87. The zero-order valence-corrected chi connectivity index (χ0v) is 13.6. The first-order valence-corrected chi connectivity index (χ1v) is 8.52. The predicted octanol–water partition coefficient (Wildman–Crippen LogP) is 1.99. The number of urea groups is 1. The van der Waals surface area contributed by atoms with Gasteiger partial charge in [-0.05, 0) is 12.8 Å². The molecule has 1 aliphatic rings. The first kappa shape index (κ1) is 14.8. The molecule has 1 fully saturated rings. The van der Waals surface area contributed by atoms with Gasteiger partial charge in [-0.15, -0.1) is 11.3 Å². The average molecular weight is 344 g/mol. The number of nitrogens with zero attached hydrogens (tertiary/aromatic N) is 6. The van der Waals surface area contributed by atoms with E-state index in [-0.39, 0.29) is 12.1 Å². The summed E-state index contributed by atoms with van der Waals surface area (Å²) in [7, 11) is 0. The van der Waals surface area contributed by atoms with Crippen molar-refractivity contribution in [3.63, 3.8) is 0 Å². The summed E-state index contributed by atoms with van der Waals surface area (Å²) in [5.41, 5.74) is 1.36. The number of nitrogens with one attached hydrogen (secondary N) is 2. The van der Waals surface area contributed by atoms with E-state index in [1.165, 1.54) is 17.7 Å². The second-order valence-electron chi connectivity index (χ2n) is 5.54. The molecule has 3 aromatic rings. The predicted molar refractivity (Wildman–Crippen MR) is 88.6 cm³/mol. The van der Waals surface area contributed by atoms with E-state index < -0.39 is 0 Å². The van der Waals surface area contributed by atoms with Crippen LogP contribution in [0.2, 0.25) is 0 Å². The summed E-state index contributed by atoms with van der Waals surface area (Å²) in [6, 6.07) is 0.0220. The molecule has 2 N–H and O–H groups in total. The molecule has 0 aliphatic carbocycles. The lowest BCUT2D eigenvalue weighted by Gasteiger charge is -2.32. The zero-order chi connectivity index (χ0) is 16.4. The standard InChI is InChI=1S/C14H16N8OS/c23-14(19-11-6-17-20-12(11)13-16-3-5-24-13)21-4-1-2-10(7-21)22-9-15-8-18-22/h3,5-6,8-10H,1-2,4,7H2,(H,17,20)(H,19,23). The number of amides is 2. The van der Waals surface area contributed by atoms with Crippen LogP contribution >= 0.6 is 11.3 Å². The van der Waals surface area contributed by atoms with Crippen LogP contribution in [0.5, 0.6) is 0 Å². The first-order valence-electron chi connectivity index (χ1n) is 7.64. The van der Waals surface area contributed by atoms with Gasteiger partial charge in [0.05, 0.1) is 17.9 Å². The number of hydrogen-bond acceptors (Lipinski definition) is 6. The molecule has 24 heavy (non-hydrogen) atoms. The van der Waals surface area contributed by atoms with E-state index in [9.17, 15) is 4.79 Å². The highest BCUT2D eigenvalue weighted by molar-refractivity contribution is 7.13. The Morgan fingerprint density at radius 2 is 2.42 bits per heavy atom. The maximum absolute atomic E-state index is 12.6. The minimum absolute atomic E-state index is 0.140. The number of thiazole rings is 1. The van der Waals surface area contributed by atoms with E-state index in [1.807, 2.05) is 10.1 Å². The number of aromatic nitrogens is 6. The summed E-state index contributed by atoms with van der Waals surface area (Å²) in [4.78, 5) is 22.6. The number of anilines is 1. The largest absolute Gasteiger partial charge is 0.322 e. The van der Waals surface area contributed by atoms with Gasteiger partial charge >= 0.3 is 6.03 Å². The number of carbonyl (C=O) groups is 1. The molecule has 1 atom stereocenters. The lowest BCUT2D eigenvalue weighted by Crippen LogP contribution is -2.43. The molecule has 1 aliphatic heterocycles. The molecule has 3 aromatic heterocycles. The fourth-order valence-corrected chi connectivity index (χ4v) is 3.49. The molecule has 4 heterocycles. The Kier molecular flexibility index (Phi) is 3.95. The maximum Gasteiger partial charge on any atom is 0.322 e. The van der Waals surface area contributed by atoms with Gasteiger partial charge in [-0.1, -0.05) is 0 Å². The van der Waals surface area contributed by atoms with Crippen molar-refractivity contribution >= 4 is 23.1 Å². The number of hydrogen-bond donors (Lipinski definition) is 2. The number of likely N-dealkylation sites (tertiary alicyclic amines) is 1. The Hall–Kier alpha value is -2.75. The third-order valence-electron chi connectivity index (χ3n) is 4.02. The molecule has 0 bridgehead atoms. The van der Waals surface area contributed by atoms with Crippen LogP contribution in [0.1, 0.15) is 18.9 Å². The molecular formula is C14H16N8OS. The molecule has 0 spiro atoms. The number of H-pyrrole nitrogens is 1. The highest BCUT2D eigenvalue weighted by Crippen LogP contribution is 2.28. The lowest BCUT2D eigenvalue weighted by atomic mass is 10.1. The van der Waals surface area contributed by atoms with Crippen molar-refractivity contribution < 1.29 is 4.79 Å². The van der Waals surface area contributed by atoms with E-state index in [0.29, 0.717) is 12.2 Å². The van der Waals surface area contributed by atoms with E-state index in [1.54, 1.807) is 23.6 Å². The summed E-state index contributed by atoms with van der Waals surface area (Å²) < 4.78 is 1.82. The molecular weight excluding hydrogens is 328 g/mol. The van der Waals surface area contributed by atoms with Crippen LogP contribution in [0.3, 0.4) is 0 Å². The number of rotatable bonds is 3. The van der Waals surface area contributed by atoms with Gasteiger partial charge in [0, 0.05) is 24.7 Å². The molecule has 0 saturated carbocycles. The first-order chi connectivity index (χ1) is 11.8. The van der Waals surface area contributed by atoms with Crippen LogP contribution in [0.15, 0.2) is 30.4 Å². The normalized spacial score (nSPS) is 17.8. The van der Waals surface area contributed by atoms with Crippen molar-refractivity contribution in [2.45, 2.75) is 18.9 Å². The van der Waals surface area contributed by atoms with Crippen LogP contribution in [-0.2, 0) is 0 Å². The van der Waals surface area contributed by atoms with E-state index >= 15 is 0 Å². The summed E-state index contributed by atoms with van der Waals surface area (Å²) in [5.74, 6) is 0. The molecule has 2 amide bonds. The van der Waals surface area contributed by atoms with Crippen molar-refractivity contribution in [2.24, 2.45) is 0 Å². The van der Waals surface area contributed by atoms with Crippen molar-refractivity contribution in [3.05, 3.63) is 30.4 Å². The Morgan fingerprint density at radius 1 is 1.46 bits per heavy atom.